The van der Waals surface area contributed by atoms with Crippen LogP contribution >= 0.6 is 15.9 Å². The topological polar surface area (TPSA) is 69.9 Å². The lowest BCUT2D eigenvalue weighted by Crippen LogP contribution is -2.05. The van der Waals surface area contributed by atoms with Crippen LogP contribution in [-0.4, -0.2) is 22.0 Å². The number of carbonyl (C=O) groups is 1. The van der Waals surface area contributed by atoms with Crippen molar-refractivity contribution in [3.05, 3.63) is 58.6 Å². The van der Waals surface area contributed by atoms with E-state index in [1.807, 2.05) is 48.5 Å². The summed E-state index contributed by atoms with van der Waals surface area (Å²) in [7, 11) is 0. The highest BCUT2D eigenvalue weighted by molar-refractivity contribution is 9.10. The van der Waals surface area contributed by atoms with E-state index in [0.717, 1.165) is 21.2 Å². The van der Waals surface area contributed by atoms with Gasteiger partial charge in [-0.25, -0.2) is 0 Å². The summed E-state index contributed by atoms with van der Waals surface area (Å²) in [4.78, 5) is 10.6. The summed E-state index contributed by atoms with van der Waals surface area (Å²) < 4.78 is 1.02. The molecule has 108 valence electrons. The molecule has 0 atom stereocenters. The van der Waals surface area contributed by atoms with Crippen molar-refractivity contribution in [1.29, 1.82) is 0 Å². The number of carboxylic acid groups (broad SMARTS) is 1. The molecule has 0 fully saturated rings. The predicted octanol–water partition coefficient (Wildman–Crippen LogP) is 4.16. The molecule has 5 heteroatoms. The molecule has 2 aromatic rings. The normalized spacial score (nSPS) is 11.4. The van der Waals surface area contributed by atoms with E-state index in [9.17, 15) is 4.79 Å². The van der Waals surface area contributed by atoms with Crippen LogP contribution in [0.2, 0.25) is 0 Å². The standard InChI is InChI=1S/C16H14BrNO3/c17-14-7-5-12(6-8-14)11-1-3-13(4-2-11)15(18-21)9-10-16(19)20/h1-8,21H,9-10H2,(H,19,20)/b18-15+. The highest BCUT2D eigenvalue weighted by Crippen LogP contribution is 2.22. The van der Waals surface area contributed by atoms with Crippen LogP contribution in [0.5, 0.6) is 0 Å². The number of rotatable bonds is 5. The van der Waals surface area contributed by atoms with Gasteiger partial charge in [-0.05, 0) is 28.8 Å². The Morgan fingerprint density at radius 1 is 0.952 bits per heavy atom. The maximum absolute atomic E-state index is 10.6. The van der Waals surface area contributed by atoms with Gasteiger partial charge in [0.05, 0.1) is 12.1 Å². The van der Waals surface area contributed by atoms with Gasteiger partial charge in [-0.3, -0.25) is 4.79 Å². The Morgan fingerprint density at radius 2 is 1.48 bits per heavy atom. The van der Waals surface area contributed by atoms with Crippen molar-refractivity contribution in [2.24, 2.45) is 5.16 Å². The molecule has 4 nitrogen and oxygen atoms in total. The van der Waals surface area contributed by atoms with Crippen molar-refractivity contribution >= 4 is 27.6 Å². The molecule has 0 aliphatic carbocycles. The monoisotopic (exact) mass is 347 g/mol. The van der Waals surface area contributed by atoms with Crippen LogP contribution in [0.15, 0.2) is 58.2 Å². The summed E-state index contributed by atoms with van der Waals surface area (Å²) >= 11 is 3.40. The van der Waals surface area contributed by atoms with Crippen LogP contribution < -0.4 is 0 Å². The molecule has 0 spiro atoms. The molecule has 0 saturated heterocycles. The summed E-state index contributed by atoms with van der Waals surface area (Å²) in [6.07, 6.45) is 0.136. The zero-order valence-corrected chi connectivity index (χ0v) is 12.7. The van der Waals surface area contributed by atoms with E-state index in [1.54, 1.807) is 0 Å². The Kier molecular flexibility index (Phi) is 5.11. The summed E-state index contributed by atoms with van der Waals surface area (Å²) in [6, 6.07) is 15.4. The van der Waals surface area contributed by atoms with E-state index in [2.05, 4.69) is 21.1 Å². The molecule has 0 aliphatic rings. The van der Waals surface area contributed by atoms with Gasteiger partial charge in [-0.15, -0.1) is 0 Å². The second-order valence-electron chi connectivity index (χ2n) is 4.52. The third-order valence-electron chi connectivity index (χ3n) is 3.09. The maximum atomic E-state index is 10.6. The zero-order valence-electron chi connectivity index (χ0n) is 11.2. The Balaban J connectivity index is 2.18. The first-order chi connectivity index (χ1) is 10.1. The second-order valence-corrected chi connectivity index (χ2v) is 5.44. The first-order valence-corrected chi connectivity index (χ1v) is 7.18. The van der Waals surface area contributed by atoms with Crippen LogP contribution in [0.3, 0.4) is 0 Å². The number of benzene rings is 2. The maximum Gasteiger partial charge on any atom is 0.303 e. The highest BCUT2D eigenvalue weighted by atomic mass is 79.9. The zero-order chi connectivity index (χ0) is 15.2. The molecule has 0 bridgehead atoms. The van der Waals surface area contributed by atoms with Crippen molar-refractivity contribution in [3.63, 3.8) is 0 Å². The van der Waals surface area contributed by atoms with E-state index < -0.39 is 5.97 Å². The average molecular weight is 348 g/mol. The Morgan fingerprint density at radius 3 is 1.95 bits per heavy atom. The lowest BCUT2D eigenvalue weighted by Gasteiger charge is -2.06. The Bertz CT molecular complexity index is 648. The molecule has 0 amide bonds. The third-order valence-corrected chi connectivity index (χ3v) is 3.62. The van der Waals surface area contributed by atoms with E-state index in [0.29, 0.717) is 5.71 Å². The number of hydrogen-bond acceptors (Lipinski definition) is 3. The summed E-state index contributed by atoms with van der Waals surface area (Å²) in [5.74, 6) is -0.914. The molecule has 0 aliphatic heterocycles. The van der Waals surface area contributed by atoms with E-state index in [-0.39, 0.29) is 12.8 Å². The molecule has 2 N–H and O–H groups in total. The largest absolute Gasteiger partial charge is 0.481 e. The minimum Gasteiger partial charge on any atom is -0.481 e. The lowest BCUT2D eigenvalue weighted by atomic mass is 10.0. The van der Waals surface area contributed by atoms with E-state index >= 15 is 0 Å². The number of halogens is 1. The number of nitrogens with zero attached hydrogens (tertiary/aromatic N) is 1. The number of aliphatic carboxylic acids is 1. The van der Waals surface area contributed by atoms with Gasteiger partial charge in [-0.2, -0.15) is 0 Å². The SMILES string of the molecule is O=C(O)CC/C(=N\O)c1ccc(-c2ccc(Br)cc2)cc1. The third kappa shape index (κ3) is 4.16. The van der Waals surface area contributed by atoms with Gasteiger partial charge < -0.3 is 10.3 Å². The molecular weight excluding hydrogens is 334 g/mol. The molecule has 0 saturated carbocycles. The number of oxime groups is 1. The summed E-state index contributed by atoms with van der Waals surface area (Å²) in [5.41, 5.74) is 3.22. The van der Waals surface area contributed by atoms with E-state index in [4.69, 9.17) is 10.3 Å². The fraction of sp³-hybridized carbons (Fsp3) is 0.125. The Hall–Kier alpha value is -2.14. The Labute approximate surface area is 130 Å². The number of hydrogen-bond donors (Lipinski definition) is 2. The summed E-state index contributed by atoms with van der Waals surface area (Å²) in [5, 5.41) is 20.9. The van der Waals surface area contributed by atoms with Crippen LogP contribution in [0.25, 0.3) is 11.1 Å². The molecule has 0 radical (unpaired) electrons. The fourth-order valence-corrected chi connectivity index (χ4v) is 2.24. The van der Waals surface area contributed by atoms with Crippen molar-refractivity contribution in [2.45, 2.75) is 12.8 Å². The molecule has 2 rings (SSSR count). The predicted molar refractivity (Wildman–Crippen MR) is 84.8 cm³/mol. The van der Waals surface area contributed by atoms with Crippen LogP contribution in [0.1, 0.15) is 18.4 Å². The second kappa shape index (κ2) is 7.04. The van der Waals surface area contributed by atoms with Gasteiger partial charge in [0.15, 0.2) is 0 Å². The van der Waals surface area contributed by atoms with Crippen LogP contribution in [-0.2, 0) is 4.79 Å². The minimum atomic E-state index is -0.914. The van der Waals surface area contributed by atoms with Gasteiger partial charge >= 0.3 is 5.97 Å². The first-order valence-electron chi connectivity index (χ1n) is 6.39. The van der Waals surface area contributed by atoms with Crippen molar-refractivity contribution in [3.8, 4) is 11.1 Å². The average Bonchev–Trinajstić information content (AvgIpc) is 2.49. The molecular formula is C16H14BrNO3. The molecule has 2 aromatic carbocycles. The molecule has 21 heavy (non-hydrogen) atoms. The summed E-state index contributed by atoms with van der Waals surface area (Å²) in [6.45, 7) is 0. The van der Waals surface area contributed by atoms with Crippen LogP contribution in [0.4, 0.5) is 0 Å². The highest BCUT2D eigenvalue weighted by Gasteiger charge is 2.08. The van der Waals surface area contributed by atoms with Gasteiger partial charge in [0, 0.05) is 10.9 Å². The van der Waals surface area contributed by atoms with Crippen molar-refractivity contribution in [1.82, 2.24) is 0 Å². The molecule has 0 heterocycles. The quantitative estimate of drug-likeness (QED) is 0.484. The number of carboxylic acids is 1. The van der Waals surface area contributed by atoms with Gasteiger partial charge in [0.25, 0.3) is 0 Å². The van der Waals surface area contributed by atoms with E-state index in [1.165, 1.54) is 0 Å². The van der Waals surface area contributed by atoms with Gasteiger partial charge in [0.1, 0.15) is 0 Å². The smallest absolute Gasteiger partial charge is 0.303 e. The minimum absolute atomic E-state index is 0.0616. The lowest BCUT2D eigenvalue weighted by molar-refractivity contribution is -0.136. The molecule has 0 unspecified atom stereocenters. The van der Waals surface area contributed by atoms with Crippen molar-refractivity contribution in [2.75, 3.05) is 0 Å². The van der Waals surface area contributed by atoms with Gasteiger partial charge in [0.2, 0.25) is 0 Å². The molecule has 0 aromatic heterocycles. The first kappa shape index (κ1) is 15.3. The van der Waals surface area contributed by atoms with Gasteiger partial charge in [-0.1, -0.05) is 57.5 Å². The van der Waals surface area contributed by atoms with Crippen LogP contribution in [0, 0.1) is 0 Å². The fourth-order valence-electron chi connectivity index (χ4n) is 1.97. The van der Waals surface area contributed by atoms with Crippen molar-refractivity contribution < 1.29 is 15.1 Å².